The van der Waals surface area contributed by atoms with Crippen LogP contribution in [0.25, 0.3) is 10.4 Å². The van der Waals surface area contributed by atoms with Crippen LogP contribution in [0.15, 0.2) is 23.3 Å². The first kappa shape index (κ1) is 29.3. The minimum Gasteiger partial charge on any atom is -0.493 e. The molecule has 4 N–H and O–H groups in total. The van der Waals surface area contributed by atoms with E-state index in [1.165, 1.54) is 0 Å². The van der Waals surface area contributed by atoms with E-state index in [0.29, 0.717) is 81.8 Å². The van der Waals surface area contributed by atoms with Crippen molar-refractivity contribution < 1.29 is 28.5 Å². The summed E-state index contributed by atoms with van der Waals surface area (Å²) in [5.41, 5.74) is 21.3. The van der Waals surface area contributed by atoms with Gasteiger partial charge >= 0.3 is 5.97 Å². The van der Waals surface area contributed by atoms with Gasteiger partial charge in [0.05, 0.1) is 38.7 Å². The lowest BCUT2D eigenvalue weighted by atomic mass is 10.1. The van der Waals surface area contributed by atoms with Gasteiger partial charge in [-0.2, -0.15) is 4.98 Å². The monoisotopic (exact) mass is 517 g/mol. The zero-order chi connectivity index (χ0) is 26.9. The Balaban J connectivity index is 1.91. The van der Waals surface area contributed by atoms with Crippen LogP contribution in [-0.4, -0.2) is 62.1 Å². The molecule has 0 amide bonds. The highest BCUT2D eigenvalue weighted by atomic mass is 16.5. The van der Waals surface area contributed by atoms with Gasteiger partial charge in [-0.25, -0.2) is 4.98 Å². The van der Waals surface area contributed by atoms with E-state index in [9.17, 15) is 4.79 Å². The molecule has 1 heterocycles. The number of hydrogen-bond acceptors (Lipinski definition) is 11. The molecule has 0 fully saturated rings. The lowest BCUT2D eigenvalue weighted by molar-refractivity contribution is -0.143. The third-order valence-corrected chi connectivity index (χ3v) is 4.94. The van der Waals surface area contributed by atoms with Gasteiger partial charge in [0.1, 0.15) is 18.1 Å². The number of esters is 1. The number of nitrogens with two attached hydrogens (primary N) is 2. The molecule has 0 spiro atoms. The van der Waals surface area contributed by atoms with Crippen molar-refractivity contribution in [2.75, 3.05) is 57.7 Å². The van der Waals surface area contributed by atoms with E-state index in [1.54, 1.807) is 19.1 Å². The molecule has 37 heavy (non-hydrogen) atoms. The normalized spacial score (nSPS) is 10.4. The molecule has 0 aliphatic carbocycles. The van der Waals surface area contributed by atoms with Crippen molar-refractivity contribution in [3.05, 3.63) is 39.9 Å². The summed E-state index contributed by atoms with van der Waals surface area (Å²) in [6, 6.07) is 5.44. The van der Waals surface area contributed by atoms with Gasteiger partial charge in [0.15, 0.2) is 11.6 Å². The number of aryl methyl sites for hydroxylation is 2. The molecule has 0 atom stereocenters. The Kier molecular flexibility index (Phi) is 13.2. The number of anilines is 2. The molecule has 0 radical (unpaired) electrons. The maximum Gasteiger partial charge on any atom is 0.306 e. The average Bonchev–Trinajstić information content (AvgIpc) is 2.88. The zero-order valence-electron chi connectivity index (χ0n) is 21.4. The highest BCUT2D eigenvalue weighted by molar-refractivity contribution is 5.69. The molecule has 13 nitrogen and oxygen atoms in total. The van der Waals surface area contributed by atoms with Crippen LogP contribution in [0.3, 0.4) is 0 Å². The van der Waals surface area contributed by atoms with Gasteiger partial charge < -0.3 is 35.2 Å². The minimum absolute atomic E-state index is 0.116. The average molecular weight is 518 g/mol. The van der Waals surface area contributed by atoms with Crippen LogP contribution in [0.5, 0.6) is 17.2 Å². The lowest BCUT2D eigenvalue weighted by Gasteiger charge is -2.15. The van der Waals surface area contributed by atoms with Crippen LogP contribution in [0.2, 0.25) is 0 Å². The summed E-state index contributed by atoms with van der Waals surface area (Å²) >= 11 is 0. The number of rotatable bonds is 18. The van der Waals surface area contributed by atoms with Gasteiger partial charge in [0.25, 0.3) is 0 Å². The van der Waals surface area contributed by atoms with E-state index in [4.69, 9.17) is 40.7 Å². The third-order valence-electron chi connectivity index (χ3n) is 4.94. The van der Waals surface area contributed by atoms with Gasteiger partial charge in [-0.1, -0.05) is 12.0 Å². The molecule has 1 aromatic heterocycles. The van der Waals surface area contributed by atoms with E-state index in [-0.39, 0.29) is 30.7 Å². The molecule has 2 aromatic rings. The second kappa shape index (κ2) is 16.7. The quantitative estimate of drug-likeness (QED) is 0.0975. The van der Waals surface area contributed by atoms with Crippen LogP contribution in [0.4, 0.5) is 11.8 Å². The number of ether oxygens (including phenoxy) is 5. The van der Waals surface area contributed by atoms with Gasteiger partial charge in [0, 0.05) is 24.3 Å². The van der Waals surface area contributed by atoms with Gasteiger partial charge in [-0.3, -0.25) is 4.79 Å². The largest absolute Gasteiger partial charge is 0.493 e. The van der Waals surface area contributed by atoms with Crippen molar-refractivity contribution >= 4 is 17.7 Å². The van der Waals surface area contributed by atoms with Crippen LogP contribution < -0.4 is 25.7 Å². The van der Waals surface area contributed by atoms with Gasteiger partial charge in [-0.05, 0) is 49.1 Å². The van der Waals surface area contributed by atoms with Crippen LogP contribution in [0, 0.1) is 0 Å². The van der Waals surface area contributed by atoms with Crippen LogP contribution in [0.1, 0.15) is 37.9 Å². The van der Waals surface area contributed by atoms with Crippen LogP contribution in [-0.2, 0) is 27.1 Å². The van der Waals surface area contributed by atoms with Crippen molar-refractivity contribution in [3.63, 3.8) is 0 Å². The molecule has 2 rings (SSSR count). The minimum atomic E-state index is -0.281. The first-order chi connectivity index (χ1) is 18.0. The second-order valence-electron chi connectivity index (χ2n) is 7.64. The Bertz CT molecular complexity index is 1050. The molecule has 13 heteroatoms. The Hall–Kier alpha value is -3.96. The van der Waals surface area contributed by atoms with Crippen LogP contribution >= 0.6 is 0 Å². The number of aromatic nitrogens is 2. The number of nitrogens with zero attached hydrogens (tertiary/aromatic N) is 5. The summed E-state index contributed by atoms with van der Waals surface area (Å²) < 4.78 is 27.9. The van der Waals surface area contributed by atoms with Crippen molar-refractivity contribution in [1.29, 1.82) is 0 Å². The SMILES string of the molecule is CCOC(=O)CCc1cc(OCCOCCN=[N+]=[N-])ccc1OCCCOc1c(N)nc(N)nc1CC. The van der Waals surface area contributed by atoms with Crippen molar-refractivity contribution in [2.24, 2.45) is 5.11 Å². The number of benzene rings is 1. The number of carbonyl (C=O) groups is 1. The molecule has 0 unspecified atom stereocenters. The number of hydrogen-bond donors (Lipinski definition) is 2. The van der Waals surface area contributed by atoms with Crippen molar-refractivity contribution in [1.82, 2.24) is 9.97 Å². The second-order valence-corrected chi connectivity index (χ2v) is 7.64. The molecule has 0 saturated heterocycles. The van der Waals surface area contributed by atoms with E-state index >= 15 is 0 Å². The Labute approximate surface area is 216 Å². The summed E-state index contributed by atoms with van der Waals surface area (Å²) in [6.07, 6.45) is 1.85. The molecule has 202 valence electrons. The molecule has 0 bridgehead atoms. The summed E-state index contributed by atoms with van der Waals surface area (Å²) in [6.45, 7) is 6.02. The fraction of sp³-hybridized carbons (Fsp3) is 0.542. The standard InChI is InChI=1S/C24H35N7O6/c1-3-19-22(23(25)30-24(26)29-19)37-12-5-11-36-20-8-7-18(35-15-14-33-13-10-28-31-27)16-17(20)6-9-21(32)34-4-2/h7-8,16H,3-6,9-15H2,1-2H3,(H4,25,26,29,30). The number of azide groups is 1. The summed E-state index contributed by atoms with van der Waals surface area (Å²) in [7, 11) is 0. The molecule has 0 aliphatic heterocycles. The lowest BCUT2D eigenvalue weighted by Crippen LogP contribution is -2.12. The summed E-state index contributed by atoms with van der Waals surface area (Å²) in [5.74, 6) is 1.76. The molecule has 0 saturated carbocycles. The third kappa shape index (κ3) is 10.7. The van der Waals surface area contributed by atoms with Crippen molar-refractivity contribution in [2.45, 2.75) is 39.5 Å². The maximum atomic E-state index is 11.9. The summed E-state index contributed by atoms with van der Waals surface area (Å²) in [5, 5.41) is 3.40. The Morgan fingerprint density at radius 1 is 1.05 bits per heavy atom. The number of nitrogen functional groups attached to an aromatic ring is 2. The van der Waals surface area contributed by atoms with E-state index in [1.807, 2.05) is 13.0 Å². The first-order valence-corrected chi connectivity index (χ1v) is 12.2. The Morgan fingerprint density at radius 2 is 1.86 bits per heavy atom. The fourth-order valence-corrected chi connectivity index (χ4v) is 3.27. The van der Waals surface area contributed by atoms with Crippen molar-refractivity contribution in [3.8, 4) is 17.2 Å². The highest BCUT2D eigenvalue weighted by Crippen LogP contribution is 2.27. The topological polar surface area (TPSA) is 190 Å². The van der Waals surface area contributed by atoms with E-state index < -0.39 is 0 Å². The summed E-state index contributed by atoms with van der Waals surface area (Å²) in [4.78, 5) is 22.7. The maximum absolute atomic E-state index is 11.9. The Morgan fingerprint density at radius 3 is 2.62 bits per heavy atom. The fourth-order valence-electron chi connectivity index (χ4n) is 3.27. The molecular formula is C24H35N7O6. The highest BCUT2D eigenvalue weighted by Gasteiger charge is 2.13. The molecule has 0 aliphatic rings. The molecular weight excluding hydrogens is 482 g/mol. The van der Waals surface area contributed by atoms with E-state index in [2.05, 4.69) is 20.0 Å². The first-order valence-electron chi connectivity index (χ1n) is 12.2. The van der Waals surface area contributed by atoms with Gasteiger partial charge in [-0.15, -0.1) is 0 Å². The number of carbonyl (C=O) groups excluding carboxylic acids is 1. The predicted octanol–water partition coefficient (Wildman–Crippen LogP) is 3.25. The smallest absolute Gasteiger partial charge is 0.306 e. The predicted molar refractivity (Wildman–Crippen MR) is 138 cm³/mol. The van der Waals surface area contributed by atoms with Gasteiger partial charge in [0.2, 0.25) is 5.95 Å². The molecule has 1 aromatic carbocycles. The zero-order valence-corrected chi connectivity index (χ0v) is 21.4. The van der Waals surface area contributed by atoms with E-state index in [0.717, 1.165) is 5.56 Å².